The number of thiophene rings is 1. The Bertz CT molecular complexity index is 1530. The van der Waals surface area contributed by atoms with Crippen molar-refractivity contribution in [3.63, 3.8) is 0 Å². The molecule has 2 N–H and O–H groups in total. The van der Waals surface area contributed by atoms with Crippen LogP contribution in [0.1, 0.15) is 49.9 Å². The number of ether oxygens (including phenoxy) is 3. The van der Waals surface area contributed by atoms with Crippen LogP contribution in [-0.2, 0) is 11.4 Å². The normalized spacial score (nSPS) is 19.5. The third kappa shape index (κ3) is 3.95. The number of carboxylic acid groups (broad SMARTS) is 1. The SMILES string of the molecule is O=C(O)c1scc2c1C(=O)C(c1cc3c(cc1F)OCC1(CC1)COc1ccc(F)c(F)c1CO3)C(=O)N2. The van der Waals surface area contributed by atoms with Crippen molar-refractivity contribution in [2.75, 3.05) is 18.5 Å². The Morgan fingerprint density at radius 3 is 2.42 bits per heavy atom. The Morgan fingerprint density at radius 2 is 1.71 bits per heavy atom. The van der Waals surface area contributed by atoms with Crippen LogP contribution in [0.3, 0.4) is 0 Å². The highest BCUT2D eigenvalue weighted by Crippen LogP contribution is 2.48. The van der Waals surface area contributed by atoms with Gasteiger partial charge in [0.2, 0.25) is 5.91 Å². The average molecular weight is 545 g/mol. The summed E-state index contributed by atoms with van der Waals surface area (Å²) >= 11 is 0.765. The Kier molecular flexibility index (Phi) is 5.60. The fourth-order valence-electron chi connectivity index (χ4n) is 4.56. The first-order valence-electron chi connectivity index (χ1n) is 11.6. The largest absolute Gasteiger partial charge is 0.492 e. The number of hydrogen-bond donors (Lipinski definition) is 2. The summed E-state index contributed by atoms with van der Waals surface area (Å²) in [5.74, 6) is -8.09. The molecule has 1 fully saturated rings. The van der Waals surface area contributed by atoms with Gasteiger partial charge in [-0.3, -0.25) is 9.59 Å². The van der Waals surface area contributed by atoms with E-state index >= 15 is 4.39 Å². The van der Waals surface area contributed by atoms with E-state index in [0.29, 0.717) is 0 Å². The summed E-state index contributed by atoms with van der Waals surface area (Å²) in [6.45, 7) is -0.215. The topological polar surface area (TPSA) is 111 Å². The monoisotopic (exact) mass is 545 g/mol. The number of anilines is 1. The number of ketones is 1. The second-order valence-electron chi connectivity index (χ2n) is 9.47. The lowest BCUT2D eigenvalue weighted by atomic mass is 9.86. The van der Waals surface area contributed by atoms with Gasteiger partial charge in [-0.25, -0.2) is 18.0 Å². The minimum atomic E-state index is -1.71. The predicted molar refractivity (Wildman–Crippen MR) is 127 cm³/mol. The molecule has 3 aliphatic rings. The molecule has 0 radical (unpaired) electrons. The van der Waals surface area contributed by atoms with E-state index < -0.39 is 53.1 Å². The number of halogens is 3. The number of carbonyl (C=O) groups excluding carboxylic acids is 2. The summed E-state index contributed by atoms with van der Waals surface area (Å²) in [6, 6.07) is 4.30. The lowest BCUT2D eigenvalue weighted by Gasteiger charge is -2.24. The first-order chi connectivity index (χ1) is 18.2. The molecule has 1 unspecified atom stereocenters. The Labute approximate surface area is 216 Å². The summed E-state index contributed by atoms with van der Waals surface area (Å²) in [4.78, 5) is 37.4. The average Bonchev–Trinajstić information content (AvgIpc) is 3.52. The number of nitrogens with one attached hydrogen (secondary N) is 1. The van der Waals surface area contributed by atoms with Crippen molar-refractivity contribution in [3.8, 4) is 17.2 Å². The Hall–Kier alpha value is -4.06. The molecule has 0 saturated heterocycles. The molecule has 3 heterocycles. The van der Waals surface area contributed by atoms with E-state index in [1.165, 1.54) is 11.4 Å². The van der Waals surface area contributed by atoms with Gasteiger partial charge < -0.3 is 24.6 Å². The molecule has 1 saturated carbocycles. The molecule has 0 bridgehead atoms. The highest BCUT2D eigenvalue weighted by atomic mass is 32.1. The van der Waals surface area contributed by atoms with Crippen molar-refractivity contribution in [1.82, 2.24) is 0 Å². The lowest BCUT2D eigenvalue weighted by Crippen LogP contribution is -2.34. The summed E-state index contributed by atoms with van der Waals surface area (Å²) in [5, 5.41) is 13.2. The molecule has 1 aliphatic carbocycles. The van der Waals surface area contributed by atoms with E-state index in [2.05, 4.69) is 5.32 Å². The van der Waals surface area contributed by atoms with Gasteiger partial charge in [0.1, 0.15) is 29.0 Å². The number of benzene rings is 2. The van der Waals surface area contributed by atoms with Crippen LogP contribution < -0.4 is 19.5 Å². The van der Waals surface area contributed by atoms with Gasteiger partial charge in [-0.2, -0.15) is 0 Å². The summed E-state index contributed by atoms with van der Waals surface area (Å²) in [6.07, 6.45) is 1.49. The summed E-state index contributed by atoms with van der Waals surface area (Å²) in [5.41, 5.74) is -1.16. The second kappa shape index (κ2) is 8.76. The molecule has 1 aromatic heterocycles. The van der Waals surface area contributed by atoms with E-state index in [0.717, 1.165) is 42.4 Å². The van der Waals surface area contributed by atoms with Gasteiger partial charge in [0.05, 0.1) is 30.0 Å². The molecule has 2 aromatic carbocycles. The molecule has 3 aromatic rings. The van der Waals surface area contributed by atoms with Crippen molar-refractivity contribution in [1.29, 1.82) is 0 Å². The van der Waals surface area contributed by atoms with Crippen LogP contribution in [0.25, 0.3) is 0 Å². The number of aromatic carboxylic acids is 1. The van der Waals surface area contributed by atoms with Crippen molar-refractivity contribution in [2.24, 2.45) is 5.41 Å². The Balaban J connectivity index is 1.42. The van der Waals surface area contributed by atoms with Crippen LogP contribution in [0.15, 0.2) is 29.6 Å². The summed E-state index contributed by atoms with van der Waals surface area (Å²) < 4.78 is 61.5. The van der Waals surface area contributed by atoms with Crippen LogP contribution >= 0.6 is 11.3 Å². The van der Waals surface area contributed by atoms with Crippen LogP contribution in [0.5, 0.6) is 17.2 Å². The number of rotatable bonds is 2. The van der Waals surface area contributed by atoms with Gasteiger partial charge in [0, 0.05) is 22.4 Å². The highest BCUT2D eigenvalue weighted by Gasteiger charge is 2.46. The lowest BCUT2D eigenvalue weighted by molar-refractivity contribution is -0.116. The zero-order valence-corrected chi connectivity index (χ0v) is 20.3. The molecule has 38 heavy (non-hydrogen) atoms. The van der Waals surface area contributed by atoms with E-state index in [-0.39, 0.29) is 57.7 Å². The predicted octanol–water partition coefficient (Wildman–Crippen LogP) is 4.91. The summed E-state index contributed by atoms with van der Waals surface area (Å²) in [7, 11) is 0. The molecule has 6 rings (SSSR count). The number of Topliss-reactive ketones (excluding diaryl/α,β-unsaturated/α-hetero) is 1. The van der Waals surface area contributed by atoms with Gasteiger partial charge in [-0.15, -0.1) is 11.3 Å². The first-order valence-corrected chi connectivity index (χ1v) is 12.4. The van der Waals surface area contributed by atoms with Crippen molar-refractivity contribution in [2.45, 2.75) is 25.4 Å². The van der Waals surface area contributed by atoms with Crippen molar-refractivity contribution in [3.05, 3.63) is 68.7 Å². The number of amides is 1. The van der Waals surface area contributed by atoms with Crippen LogP contribution in [0.2, 0.25) is 0 Å². The molecule has 12 heteroatoms. The number of carbonyl (C=O) groups is 3. The minimum absolute atomic E-state index is 0.0396. The van der Waals surface area contributed by atoms with E-state index in [1.807, 2.05) is 0 Å². The molecule has 2 aliphatic heterocycles. The quantitative estimate of drug-likeness (QED) is 0.440. The van der Waals surface area contributed by atoms with Crippen LogP contribution in [0, 0.1) is 22.9 Å². The van der Waals surface area contributed by atoms with Gasteiger partial charge >= 0.3 is 5.97 Å². The van der Waals surface area contributed by atoms with Gasteiger partial charge in [0.25, 0.3) is 0 Å². The molecular formula is C26H18F3NO7S. The third-order valence-electron chi connectivity index (χ3n) is 6.94. The van der Waals surface area contributed by atoms with Crippen molar-refractivity contribution < 1.29 is 46.9 Å². The van der Waals surface area contributed by atoms with E-state index in [4.69, 9.17) is 14.2 Å². The van der Waals surface area contributed by atoms with Crippen molar-refractivity contribution >= 4 is 34.7 Å². The molecule has 1 spiro atoms. The molecule has 8 nitrogen and oxygen atoms in total. The second-order valence-corrected chi connectivity index (χ2v) is 10.3. The maximum atomic E-state index is 15.4. The van der Waals surface area contributed by atoms with Gasteiger partial charge in [-0.05, 0) is 31.0 Å². The van der Waals surface area contributed by atoms with Gasteiger partial charge in [-0.1, -0.05) is 0 Å². The first kappa shape index (κ1) is 24.3. The zero-order chi connectivity index (χ0) is 26.8. The minimum Gasteiger partial charge on any atom is -0.492 e. The highest BCUT2D eigenvalue weighted by molar-refractivity contribution is 7.13. The maximum Gasteiger partial charge on any atom is 0.346 e. The zero-order valence-electron chi connectivity index (χ0n) is 19.4. The number of carboxylic acids is 1. The van der Waals surface area contributed by atoms with Crippen LogP contribution in [-0.4, -0.2) is 36.0 Å². The third-order valence-corrected chi connectivity index (χ3v) is 7.91. The number of fused-ring (bicyclic) bond motifs is 3. The standard InChI is InChI=1S/C26H18F3NO7S/c27-13-1-2-16-12(21(13)29)7-35-17-5-11(14(28)6-18(17)37-10-26(3-4-26)9-36-16)19-22(31)20-15(30-24(19)32)8-38-23(20)25(33)34/h1-2,5-6,8,19H,3-4,7,9-10H2,(H,30,32)(H,33,34). The van der Waals surface area contributed by atoms with E-state index in [1.54, 1.807) is 0 Å². The molecule has 196 valence electrons. The van der Waals surface area contributed by atoms with Gasteiger partial charge in [0.15, 0.2) is 28.9 Å². The fourth-order valence-corrected chi connectivity index (χ4v) is 5.41. The van der Waals surface area contributed by atoms with E-state index in [9.17, 15) is 28.3 Å². The molecule has 1 amide bonds. The molecule has 1 atom stereocenters. The Morgan fingerprint density at radius 1 is 1.00 bits per heavy atom. The fraction of sp³-hybridized carbons (Fsp3) is 0.269. The smallest absolute Gasteiger partial charge is 0.346 e. The molecular weight excluding hydrogens is 527 g/mol. The maximum absolute atomic E-state index is 15.4. The van der Waals surface area contributed by atoms with Crippen LogP contribution in [0.4, 0.5) is 18.9 Å². The number of hydrogen-bond acceptors (Lipinski definition) is 7.